The van der Waals surface area contributed by atoms with Crippen molar-refractivity contribution in [3.05, 3.63) is 30.0 Å². The van der Waals surface area contributed by atoms with Crippen molar-refractivity contribution >= 4 is 22.8 Å². The molecule has 1 aromatic carbocycles. The molecule has 28 heavy (non-hydrogen) atoms. The second kappa shape index (κ2) is 9.47. The maximum absolute atomic E-state index is 12.7. The number of likely N-dealkylation sites (N-methyl/N-ethyl adjacent to an activating group) is 1. The van der Waals surface area contributed by atoms with Crippen LogP contribution in [0, 0.1) is 11.3 Å². The first-order chi connectivity index (χ1) is 13.6. The lowest BCUT2D eigenvalue weighted by atomic mass is 10.0. The van der Waals surface area contributed by atoms with Crippen LogP contribution in [0.3, 0.4) is 0 Å². The van der Waals surface area contributed by atoms with Gasteiger partial charge in [0.2, 0.25) is 5.91 Å². The molecular formula is C21H28N6O. The zero-order valence-corrected chi connectivity index (χ0v) is 16.7. The summed E-state index contributed by atoms with van der Waals surface area (Å²) in [5.41, 5.74) is 1.94. The van der Waals surface area contributed by atoms with Crippen molar-refractivity contribution in [2.45, 2.75) is 32.1 Å². The highest BCUT2D eigenvalue weighted by Gasteiger charge is 2.29. The number of hydrogen-bond donors (Lipinski definition) is 1. The van der Waals surface area contributed by atoms with Crippen molar-refractivity contribution in [2.24, 2.45) is 0 Å². The summed E-state index contributed by atoms with van der Waals surface area (Å²) in [6, 6.07) is 9.76. The molecule has 2 aromatic rings. The summed E-state index contributed by atoms with van der Waals surface area (Å²) in [4.78, 5) is 26.6. The number of piperazine rings is 1. The summed E-state index contributed by atoms with van der Waals surface area (Å²) >= 11 is 0. The van der Waals surface area contributed by atoms with Gasteiger partial charge in [-0.1, -0.05) is 31.9 Å². The third kappa shape index (κ3) is 4.57. The number of carbonyl (C=O) groups is 1. The minimum Gasteiger partial charge on any atom is -0.355 e. The van der Waals surface area contributed by atoms with Gasteiger partial charge in [-0.3, -0.25) is 4.79 Å². The van der Waals surface area contributed by atoms with Crippen molar-refractivity contribution < 1.29 is 4.79 Å². The van der Waals surface area contributed by atoms with E-state index in [1.165, 1.54) is 0 Å². The SMILES string of the molecule is CCCCCNC(=O)[C@@H](C#N)c1nc2ccccc2nc1N1CCN(C)CC1. The van der Waals surface area contributed by atoms with Crippen molar-refractivity contribution in [1.29, 1.82) is 5.26 Å². The molecule has 1 atom stereocenters. The zero-order chi connectivity index (χ0) is 19.9. The van der Waals surface area contributed by atoms with Crippen LogP contribution in [0.15, 0.2) is 24.3 Å². The van der Waals surface area contributed by atoms with E-state index < -0.39 is 5.92 Å². The normalized spacial score (nSPS) is 16.0. The predicted molar refractivity (Wildman–Crippen MR) is 110 cm³/mol. The van der Waals surface area contributed by atoms with Crippen LogP contribution >= 0.6 is 0 Å². The predicted octanol–water partition coefficient (Wildman–Crippen LogP) is 2.30. The van der Waals surface area contributed by atoms with Gasteiger partial charge in [-0.05, 0) is 25.6 Å². The molecule has 1 fully saturated rings. The van der Waals surface area contributed by atoms with E-state index in [-0.39, 0.29) is 5.91 Å². The summed E-state index contributed by atoms with van der Waals surface area (Å²) < 4.78 is 0. The summed E-state index contributed by atoms with van der Waals surface area (Å²) in [5, 5.41) is 12.7. The smallest absolute Gasteiger partial charge is 0.243 e. The van der Waals surface area contributed by atoms with Gasteiger partial charge in [-0.25, -0.2) is 9.97 Å². The van der Waals surface area contributed by atoms with Gasteiger partial charge in [-0.15, -0.1) is 0 Å². The van der Waals surface area contributed by atoms with Gasteiger partial charge in [0.1, 0.15) is 5.69 Å². The molecule has 0 bridgehead atoms. The summed E-state index contributed by atoms with van der Waals surface area (Å²) in [5.74, 6) is -0.603. The minimum absolute atomic E-state index is 0.293. The second-order valence-corrected chi connectivity index (χ2v) is 7.27. The van der Waals surface area contributed by atoms with Gasteiger partial charge in [0.05, 0.1) is 17.1 Å². The molecule has 1 aliphatic rings. The van der Waals surface area contributed by atoms with Crippen molar-refractivity contribution in [1.82, 2.24) is 20.2 Å². The molecule has 7 nitrogen and oxygen atoms in total. The fraction of sp³-hybridized carbons (Fsp3) is 0.524. The van der Waals surface area contributed by atoms with Crippen LogP contribution in [0.25, 0.3) is 11.0 Å². The topological polar surface area (TPSA) is 85.1 Å². The van der Waals surface area contributed by atoms with Crippen molar-refractivity contribution in [3.63, 3.8) is 0 Å². The van der Waals surface area contributed by atoms with Gasteiger partial charge in [0, 0.05) is 32.7 Å². The molecule has 3 rings (SSSR count). The van der Waals surface area contributed by atoms with E-state index in [0.29, 0.717) is 23.6 Å². The largest absolute Gasteiger partial charge is 0.355 e. The Labute approximate surface area is 166 Å². The number of anilines is 1. The number of hydrogen-bond acceptors (Lipinski definition) is 6. The fourth-order valence-electron chi connectivity index (χ4n) is 3.38. The molecule has 148 valence electrons. The highest BCUT2D eigenvalue weighted by atomic mass is 16.1. The first kappa shape index (κ1) is 20.0. The first-order valence-electron chi connectivity index (χ1n) is 10.0. The third-order valence-electron chi connectivity index (χ3n) is 5.13. The van der Waals surface area contributed by atoms with Gasteiger partial charge in [-0.2, -0.15) is 5.26 Å². The van der Waals surface area contributed by atoms with E-state index >= 15 is 0 Å². The van der Waals surface area contributed by atoms with Crippen LogP contribution in [0.1, 0.15) is 37.8 Å². The van der Waals surface area contributed by atoms with E-state index in [9.17, 15) is 10.1 Å². The molecule has 0 unspecified atom stereocenters. The molecule has 0 radical (unpaired) electrons. The van der Waals surface area contributed by atoms with Gasteiger partial charge < -0.3 is 15.1 Å². The molecule has 1 aliphatic heterocycles. The Kier molecular flexibility index (Phi) is 6.77. The molecule has 7 heteroatoms. The Balaban J connectivity index is 1.93. The number of nitrogens with zero attached hydrogens (tertiary/aromatic N) is 5. The van der Waals surface area contributed by atoms with E-state index in [1.807, 2.05) is 24.3 Å². The Hall–Kier alpha value is -2.72. The van der Waals surface area contributed by atoms with Gasteiger partial charge >= 0.3 is 0 Å². The maximum Gasteiger partial charge on any atom is 0.243 e. The highest BCUT2D eigenvalue weighted by molar-refractivity contribution is 5.88. The van der Waals surface area contributed by atoms with Crippen LogP contribution in [0.5, 0.6) is 0 Å². The number of fused-ring (bicyclic) bond motifs is 1. The standard InChI is InChI=1S/C21H28N6O/c1-3-4-7-10-23-21(28)16(15-22)19-20(27-13-11-26(2)12-14-27)25-18-9-6-5-8-17(18)24-19/h5-6,8-9,16H,3-4,7,10-14H2,1-2H3,(H,23,28)/t16-/m0/s1. The third-order valence-corrected chi connectivity index (χ3v) is 5.13. The highest BCUT2D eigenvalue weighted by Crippen LogP contribution is 2.28. The number of benzene rings is 1. The number of nitrogens with one attached hydrogen (secondary N) is 1. The molecule has 1 amide bonds. The van der Waals surface area contributed by atoms with Crippen molar-refractivity contribution in [3.8, 4) is 6.07 Å². The fourth-order valence-corrected chi connectivity index (χ4v) is 3.38. The lowest BCUT2D eigenvalue weighted by Crippen LogP contribution is -2.45. The molecule has 1 aromatic heterocycles. The van der Waals surface area contributed by atoms with Gasteiger partial charge in [0.25, 0.3) is 0 Å². The quantitative estimate of drug-likeness (QED) is 0.742. The number of amides is 1. The van der Waals surface area contributed by atoms with Crippen LogP contribution in [0.2, 0.25) is 0 Å². The molecule has 0 saturated carbocycles. The Bertz CT molecular complexity index is 854. The van der Waals surface area contributed by atoms with E-state index in [0.717, 1.165) is 51.0 Å². The Morgan fingerprint density at radius 2 is 1.86 bits per heavy atom. The lowest BCUT2D eigenvalue weighted by molar-refractivity contribution is -0.121. The zero-order valence-electron chi connectivity index (χ0n) is 16.7. The van der Waals surface area contributed by atoms with Crippen LogP contribution < -0.4 is 10.2 Å². The average molecular weight is 380 g/mol. The number of unbranched alkanes of at least 4 members (excludes halogenated alkanes) is 2. The minimum atomic E-state index is -0.964. The molecule has 1 N–H and O–H groups in total. The average Bonchev–Trinajstić information content (AvgIpc) is 2.72. The summed E-state index contributed by atoms with van der Waals surface area (Å²) in [6.07, 6.45) is 3.05. The first-order valence-corrected chi connectivity index (χ1v) is 10.0. The summed E-state index contributed by atoms with van der Waals surface area (Å²) in [6.45, 7) is 6.12. The maximum atomic E-state index is 12.7. The van der Waals surface area contributed by atoms with E-state index in [2.05, 4.69) is 35.2 Å². The molecule has 1 saturated heterocycles. The molecule has 0 spiro atoms. The monoisotopic (exact) mass is 380 g/mol. The van der Waals surface area contributed by atoms with Crippen molar-refractivity contribution in [2.75, 3.05) is 44.7 Å². The molecular weight excluding hydrogens is 352 g/mol. The number of aromatic nitrogens is 2. The Morgan fingerprint density at radius 1 is 1.18 bits per heavy atom. The number of para-hydroxylation sites is 2. The Morgan fingerprint density at radius 3 is 2.50 bits per heavy atom. The summed E-state index contributed by atoms with van der Waals surface area (Å²) in [7, 11) is 2.09. The number of rotatable bonds is 7. The van der Waals surface area contributed by atoms with E-state index in [1.54, 1.807) is 0 Å². The van der Waals surface area contributed by atoms with Crippen LogP contribution in [0.4, 0.5) is 5.82 Å². The van der Waals surface area contributed by atoms with Crippen LogP contribution in [-0.4, -0.2) is 60.5 Å². The van der Waals surface area contributed by atoms with E-state index in [4.69, 9.17) is 9.97 Å². The number of nitriles is 1. The second-order valence-electron chi connectivity index (χ2n) is 7.27. The molecule has 0 aliphatic carbocycles. The lowest BCUT2D eigenvalue weighted by Gasteiger charge is -2.34. The molecule has 2 heterocycles. The number of carbonyl (C=O) groups excluding carboxylic acids is 1. The van der Waals surface area contributed by atoms with Gasteiger partial charge in [0.15, 0.2) is 11.7 Å². The van der Waals surface area contributed by atoms with Crippen LogP contribution in [-0.2, 0) is 4.79 Å².